The number of hydrogen-bond acceptors (Lipinski definition) is 2. The molecule has 1 rings (SSSR count). The summed E-state index contributed by atoms with van der Waals surface area (Å²) in [5.41, 5.74) is 5.79. The van der Waals surface area contributed by atoms with Crippen molar-refractivity contribution in [2.75, 3.05) is 18.5 Å². The first-order chi connectivity index (χ1) is 7.57. The fourth-order valence-corrected chi connectivity index (χ4v) is 1.31. The Kier molecular flexibility index (Phi) is 3.88. The van der Waals surface area contributed by atoms with Crippen molar-refractivity contribution in [3.63, 3.8) is 0 Å². The van der Waals surface area contributed by atoms with Gasteiger partial charge >= 0.3 is 12.1 Å². The number of hydrogen-bond donors (Lipinski definition) is 1. The van der Waals surface area contributed by atoms with E-state index in [1.54, 1.807) is 12.1 Å². The van der Waals surface area contributed by atoms with Gasteiger partial charge < -0.3 is 5.73 Å². The summed E-state index contributed by atoms with van der Waals surface area (Å²) in [6.07, 6.45) is 0. The highest BCUT2D eigenvalue weighted by molar-refractivity contribution is 6.01. The number of benzene rings is 1. The molecule has 0 saturated heterocycles. The van der Waals surface area contributed by atoms with Crippen LogP contribution < -0.4 is 10.6 Å². The Morgan fingerprint density at radius 1 is 1.25 bits per heavy atom. The lowest BCUT2D eigenvalue weighted by Gasteiger charge is -2.25. The average molecular weight is 221 g/mol. The predicted molar refractivity (Wildman–Crippen MR) is 62.2 cm³/mol. The lowest BCUT2D eigenvalue weighted by molar-refractivity contribution is 0.204. The molecule has 0 radical (unpaired) electrons. The largest absolute Gasteiger partial charge is 0.351 e. The molecule has 0 unspecified atom stereocenters. The van der Waals surface area contributed by atoms with Gasteiger partial charge in [-0.1, -0.05) is 18.2 Å². The van der Waals surface area contributed by atoms with Crippen LogP contribution in [0.5, 0.6) is 0 Å². The summed E-state index contributed by atoms with van der Waals surface area (Å²) < 4.78 is 0. The molecule has 0 atom stereocenters. The van der Waals surface area contributed by atoms with Crippen molar-refractivity contribution < 1.29 is 9.59 Å². The Hall–Kier alpha value is -2.04. The fraction of sp³-hybridized carbons (Fsp3) is 0.273. The maximum Gasteiger partial charge on any atom is 0.332 e. The van der Waals surface area contributed by atoms with E-state index in [1.807, 2.05) is 25.1 Å². The van der Waals surface area contributed by atoms with Crippen LogP contribution in [0.2, 0.25) is 0 Å². The number of nitrogens with two attached hydrogens (primary N) is 1. The van der Waals surface area contributed by atoms with Crippen LogP contribution in [-0.4, -0.2) is 30.6 Å². The molecule has 0 aliphatic carbocycles. The molecule has 16 heavy (non-hydrogen) atoms. The lowest BCUT2D eigenvalue weighted by Crippen LogP contribution is -2.46. The molecule has 86 valence electrons. The molecule has 1 aromatic carbocycles. The molecule has 0 aliphatic rings. The minimum atomic E-state index is -0.764. The highest BCUT2D eigenvalue weighted by Gasteiger charge is 2.20. The number of amides is 4. The normalized spacial score (nSPS) is 9.62. The number of carbonyl (C=O) groups excluding carboxylic acids is 2. The molecule has 0 bridgehead atoms. The summed E-state index contributed by atoms with van der Waals surface area (Å²) >= 11 is 0. The van der Waals surface area contributed by atoms with Crippen LogP contribution >= 0.6 is 0 Å². The Balaban J connectivity index is 2.91. The fourth-order valence-electron chi connectivity index (χ4n) is 1.31. The number of carbonyl (C=O) groups is 2. The zero-order valence-corrected chi connectivity index (χ0v) is 9.38. The summed E-state index contributed by atoms with van der Waals surface area (Å²) in [5, 5.41) is 0. The van der Waals surface area contributed by atoms with E-state index in [-0.39, 0.29) is 0 Å². The van der Waals surface area contributed by atoms with Gasteiger partial charge in [0.25, 0.3) is 0 Å². The molecule has 5 heteroatoms. The third-order valence-corrected chi connectivity index (χ3v) is 2.23. The quantitative estimate of drug-likeness (QED) is 0.825. The highest BCUT2D eigenvalue weighted by atomic mass is 16.2. The predicted octanol–water partition coefficient (Wildman–Crippen LogP) is 1.64. The summed E-state index contributed by atoms with van der Waals surface area (Å²) in [6.45, 7) is 2.31. The van der Waals surface area contributed by atoms with Gasteiger partial charge in [-0.25, -0.2) is 14.5 Å². The van der Waals surface area contributed by atoms with E-state index in [2.05, 4.69) is 0 Å². The molecule has 0 aromatic heterocycles. The number of rotatable bonds is 2. The van der Waals surface area contributed by atoms with Gasteiger partial charge in [-0.05, 0) is 19.1 Å². The average Bonchev–Trinajstić information content (AvgIpc) is 2.30. The second-order valence-corrected chi connectivity index (χ2v) is 3.26. The first-order valence-corrected chi connectivity index (χ1v) is 4.97. The first-order valence-electron chi connectivity index (χ1n) is 4.97. The van der Waals surface area contributed by atoms with E-state index in [0.29, 0.717) is 6.54 Å². The van der Waals surface area contributed by atoms with Crippen molar-refractivity contribution in [3.8, 4) is 0 Å². The number of urea groups is 2. The van der Waals surface area contributed by atoms with Crippen LogP contribution in [0.25, 0.3) is 0 Å². The van der Waals surface area contributed by atoms with Gasteiger partial charge in [0, 0.05) is 19.3 Å². The number of primary amides is 1. The number of imide groups is 1. The molecule has 2 N–H and O–H groups in total. The van der Waals surface area contributed by atoms with Crippen LogP contribution in [0, 0.1) is 0 Å². The van der Waals surface area contributed by atoms with Crippen molar-refractivity contribution in [3.05, 3.63) is 30.3 Å². The van der Waals surface area contributed by atoms with E-state index < -0.39 is 12.1 Å². The molecule has 0 heterocycles. The molecule has 0 saturated carbocycles. The van der Waals surface area contributed by atoms with E-state index in [0.717, 1.165) is 10.6 Å². The van der Waals surface area contributed by atoms with E-state index >= 15 is 0 Å². The van der Waals surface area contributed by atoms with Gasteiger partial charge in [0.2, 0.25) is 0 Å². The van der Waals surface area contributed by atoms with Gasteiger partial charge in [-0.15, -0.1) is 0 Å². The van der Waals surface area contributed by atoms with Gasteiger partial charge in [-0.2, -0.15) is 0 Å². The van der Waals surface area contributed by atoms with Crippen LogP contribution in [0.3, 0.4) is 0 Å². The highest BCUT2D eigenvalue weighted by Crippen LogP contribution is 2.14. The van der Waals surface area contributed by atoms with Gasteiger partial charge in [0.15, 0.2) is 0 Å². The van der Waals surface area contributed by atoms with Crippen molar-refractivity contribution >= 4 is 17.7 Å². The van der Waals surface area contributed by atoms with E-state index in [9.17, 15) is 9.59 Å². The van der Waals surface area contributed by atoms with Crippen molar-refractivity contribution in [2.24, 2.45) is 5.73 Å². The molecular weight excluding hydrogens is 206 g/mol. The SMILES string of the molecule is CCN(C(=O)N(C)C(N)=O)c1ccccc1. The molecule has 0 fully saturated rings. The molecular formula is C11H15N3O2. The second-order valence-electron chi connectivity index (χ2n) is 3.26. The van der Waals surface area contributed by atoms with Gasteiger partial charge in [-0.3, -0.25) is 4.90 Å². The molecule has 1 aromatic rings. The van der Waals surface area contributed by atoms with Gasteiger partial charge in [0.05, 0.1) is 0 Å². The monoisotopic (exact) mass is 221 g/mol. The third kappa shape index (κ3) is 2.50. The topological polar surface area (TPSA) is 66.6 Å². The van der Waals surface area contributed by atoms with Crippen LogP contribution in [0.4, 0.5) is 15.3 Å². The summed E-state index contributed by atoms with van der Waals surface area (Å²) in [7, 11) is 1.36. The second kappa shape index (κ2) is 5.16. The van der Waals surface area contributed by atoms with Crippen molar-refractivity contribution in [1.82, 2.24) is 4.90 Å². The van der Waals surface area contributed by atoms with E-state index in [1.165, 1.54) is 11.9 Å². The summed E-state index contributed by atoms with van der Waals surface area (Å²) in [4.78, 5) is 25.1. The Morgan fingerprint density at radius 2 is 1.81 bits per heavy atom. The van der Waals surface area contributed by atoms with Crippen LogP contribution in [0.15, 0.2) is 30.3 Å². The van der Waals surface area contributed by atoms with Crippen LogP contribution in [0.1, 0.15) is 6.92 Å². The smallest absolute Gasteiger partial charge is 0.332 e. The first kappa shape index (κ1) is 12.0. The Morgan fingerprint density at radius 3 is 2.25 bits per heavy atom. The molecule has 4 amide bonds. The Bertz CT molecular complexity index is 378. The maximum absolute atomic E-state index is 11.9. The zero-order valence-electron chi connectivity index (χ0n) is 9.38. The molecule has 0 aliphatic heterocycles. The molecule has 5 nitrogen and oxygen atoms in total. The minimum absolute atomic E-state index is 0.429. The molecule has 0 spiro atoms. The Labute approximate surface area is 94.4 Å². The van der Waals surface area contributed by atoms with Crippen molar-refractivity contribution in [1.29, 1.82) is 0 Å². The van der Waals surface area contributed by atoms with Crippen LogP contribution in [-0.2, 0) is 0 Å². The number of nitrogens with zero attached hydrogens (tertiary/aromatic N) is 2. The lowest BCUT2D eigenvalue weighted by atomic mass is 10.3. The zero-order chi connectivity index (χ0) is 12.1. The van der Waals surface area contributed by atoms with Gasteiger partial charge in [0.1, 0.15) is 0 Å². The third-order valence-electron chi connectivity index (χ3n) is 2.23. The standard InChI is InChI=1S/C11H15N3O2/c1-3-14(9-7-5-4-6-8-9)11(16)13(2)10(12)15/h4-8H,3H2,1-2H3,(H2,12,15). The maximum atomic E-state index is 11.9. The number of anilines is 1. The number of para-hydroxylation sites is 1. The summed E-state index contributed by atoms with van der Waals surface area (Å²) in [5.74, 6) is 0. The summed E-state index contributed by atoms with van der Waals surface area (Å²) in [6, 6.07) is 7.93. The van der Waals surface area contributed by atoms with E-state index in [4.69, 9.17) is 5.73 Å². The minimum Gasteiger partial charge on any atom is -0.351 e. The van der Waals surface area contributed by atoms with Crippen molar-refractivity contribution in [2.45, 2.75) is 6.92 Å².